The largest absolute Gasteiger partial charge is 0.457 e. The molecule has 3 rings (SSSR count). The van der Waals surface area contributed by atoms with Gasteiger partial charge < -0.3 is 10.5 Å². The normalized spacial score (nSPS) is 10.4. The number of hydrogen-bond donors (Lipinski definition) is 1. The number of para-hydroxylation sites is 1. The Kier molecular flexibility index (Phi) is 5.75. The van der Waals surface area contributed by atoms with Crippen molar-refractivity contribution < 1.29 is 9.53 Å². The Hall–Kier alpha value is -2.72. The number of benzene rings is 3. The van der Waals surface area contributed by atoms with E-state index in [2.05, 4.69) is 18.2 Å². The first kappa shape index (κ1) is 17.1. The van der Waals surface area contributed by atoms with Gasteiger partial charge in [-0.25, -0.2) is 0 Å². The zero-order valence-electron chi connectivity index (χ0n) is 13.7. The van der Waals surface area contributed by atoms with E-state index in [-0.39, 0.29) is 5.91 Å². The van der Waals surface area contributed by atoms with Crippen LogP contribution in [0.4, 0.5) is 0 Å². The summed E-state index contributed by atoms with van der Waals surface area (Å²) in [6, 6.07) is 26.1. The van der Waals surface area contributed by atoms with E-state index in [4.69, 9.17) is 10.5 Å². The molecule has 0 atom stereocenters. The summed E-state index contributed by atoms with van der Waals surface area (Å²) in [7, 11) is 0. The average Bonchev–Trinajstić information content (AvgIpc) is 2.64. The Morgan fingerprint density at radius 2 is 1.56 bits per heavy atom. The van der Waals surface area contributed by atoms with E-state index >= 15 is 0 Å². The highest BCUT2D eigenvalue weighted by atomic mass is 32.2. The van der Waals surface area contributed by atoms with Crippen LogP contribution in [0.15, 0.2) is 78.9 Å². The molecule has 0 aliphatic heterocycles. The first-order chi connectivity index (χ1) is 12.2. The molecule has 0 aliphatic rings. The molecule has 1 amide bonds. The van der Waals surface area contributed by atoms with Crippen molar-refractivity contribution in [1.82, 2.24) is 0 Å². The zero-order valence-corrected chi connectivity index (χ0v) is 14.5. The van der Waals surface area contributed by atoms with E-state index in [9.17, 15) is 4.79 Å². The maximum atomic E-state index is 10.8. The molecule has 0 aromatic heterocycles. The molecular weight excluding hydrogens is 330 g/mol. The number of amides is 1. The van der Waals surface area contributed by atoms with Crippen molar-refractivity contribution in [3.63, 3.8) is 0 Å². The minimum Gasteiger partial charge on any atom is -0.457 e. The maximum absolute atomic E-state index is 10.8. The number of primary amides is 1. The molecule has 0 fully saturated rings. The maximum Gasteiger partial charge on any atom is 0.227 e. The summed E-state index contributed by atoms with van der Waals surface area (Å²) < 4.78 is 6.08. The van der Waals surface area contributed by atoms with Crippen molar-refractivity contribution in [1.29, 1.82) is 0 Å². The van der Waals surface area contributed by atoms with Gasteiger partial charge in [-0.05, 0) is 29.3 Å². The van der Waals surface area contributed by atoms with E-state index in [0.717, 1.165) is 33.9 Å². The van der Waals surface area contributed by atoms with Crippen molar-refractivity contribution >= 4 is 17.7 Å². The third-order valence-electron chi connectivity index (χ3n) is 3.64. The molecule has 4 heteroatoms. The Bertz CT molecular complexity index is 832. The highest BCUT2D eigenvalue weighted by Crippen LogP contribution is 2.33. The predicted molar refractivity (Wildman–Crippen MR) is 104 cm³/mol. The topological polar surface area (TPSA) is 52.3 Å². The molecule has 0 saturated heterocycles. The van der Waals surface area contributed by atoms with Crippen LogP contribution in [0, 0.1) is 0 Å². The van der Waals surface area contributed by atoms with E-state index in [0.29, 0.717) is 5.75 Å². The van der Waals surface area contributed by atoms with Crippen molar-refractivity contribution in [2.75, 3.05) is 5.75 Å². The van der Waals surface area contributed by atoms with Gasteiger partial charge in [0.15, 0.2) is 0 Å². The minimum absolute atomic E-state index is 0.289. The number of rotatable bonds is 7. The summed E-state index contributed by atoms with van der Waals surface area (Å²) in [5, 5.41) is 0. The lowest BCUT2D eigenvalue weighted by molar-refractivity contribution is -0.115. The van der Waals surface area contributed by atoms with Crippen molar-refractivity contribution in [2.45, 2.75) is 5.75 Å². The standard InChI is InChI=1S/C21H19NO2S/c22-21(23)15-25-14-16-10-12-18(13-11-16)24-20-9-5-4-8-19(20)17-6-2-1-3-7-17/h1-13H,14-15H2,(H2,22,23). The number of carbonyl (C=O) groups is 1. The molecule has 0 heterocycles. The number of nitrogens with two attached hydrogens (primary N) is 1. The van der Waals surface area contributed by atoms with Gasteiger partial charge in [-0.3, -0.25) is 4.79 Å². The van der Waals surface area contributed by atoms with Crippen molar-refractivity contribution in [3.05, 3.63) is 84.4 Å². The molecule has 126 valence electrons. The Labute approximate surface area is 151 Å². The molecule has 0 saturated carbocycles. The first-order valence-corrected chi connectivity index (χ1v) is 9.15. The van der Waals surface area contributed by atoms with Crippen LogP contribution >= 0.6 is 11.8 Å². The SMILES string of the molecule is NC(=O)CSCc1ccc(Oc2ccccc2-c2ccccc2)cc1. The second kappa shape index (κ2) is 8.40. The Balaban J connectivity index is 1.72. The predicted octanol–water partition coefficient (Wildman–Crippen LogP) is 4.86. The number of hydrogen-bond acceptors (Lipinski definition) is 3. The van der Waals surface area contributed by atoms with E-state index < -0.39 is 0 Å². The van der Waals surface area contributed by atoms with Gasteiger partial charge in [0.05, 0.1) is 5.75 Å². The molecule has 3 aromatic carbocycles. The van der Waals surface area contributed by atoms with Gasteiger partial charge in [0, 0.05) is 11.3 Å². The van der Waals surface area contributed by atoms with Crippen LogP contribution in [0.1, 0.15) is 5.56 Å². The fourth-order valence-corrected chi connectivity index (χ4v) is 3.19. The van der Waals surface area contributed by atoms with E-state index in [1.165, 1.54) is 11.8 Å². The molecule has 3 aromatic rings. The number of thioether (sulfide) groups is 1. The molecule has 0 spiro atoms. The molecule has 0 radical (unpaired) electrons. The van der Waals surface area contributed by atoms with Gasteiger partial charge in [0.1, 0.15) is 11.5 Å². The lowest BCUT2D eigenvalue weighted by atomic mass is 10.0. The molecule has 2 N–H and O–H groups in total. The summed E-state index contributed by atoms with van der Waals surface area (Å²) in [4.78, 5) is 10.8. The third kappa shape index (κ3) is 4.88. The Morgan fingerprint density at radius 3 is 2.28 bits per heavy atom. The summed E-state index contributed by atoms with van der Waals surface area (Å²) in [6.07, 6.45) is 0. The van der Waals surface area contributed by atoms with Crippen LogP contribution < -0.4 is 10.5 Å². The Morgan fingerprint density at radius 1 is 0.880 bits per heavy atom. The number of carbonyl (C=O) groups excluding carboxylic acids is 1. The minimum atomic E-state index is -0.289. The smallest absolute Gasteiger partial charge is 0.227 e. The molecule has 0 bridgehead atoms. The average molecular weight is 349 g/mol. The van der Waals surface area contributed by atoms with Crippen LogP contribution in [-0.4, -0.2) is 11.7 Å². The number of ether oxygens (including phenoxy) is 1. The molecule has 3 nitrogen and oxygen atoms in total. The third-order valence-corrected chi connectivity index (χ3v) is 4.66. The quantitative estimate of drug-likeness (QED) is 0.662. The van der Waals surface area contributed by atoms with E-state index in [1.807, 2.05) is 60.7 Å². The monoisotopic (exact) mass is 349 g/mol. The van der Waals surface area contributed by atoms with Crippen LogP contribution in [0.25, 0.3) is 11.1 Å². The zero-order chi connectivity index (χ0) is 17.5. The van der Waals surface area contributed by atoms with Gasteiger partial charge in [0.25, 0.3) is 0 Å². The van der Waals surface area contributed by atoms with Gasteiger partial charge in [0.2, 0.25) is 5.91 Å². The fraction of sp³-hybridized carbons (Fsp3) is 0.0952. The van der Waals surface area contributed by atoms with Gasteiger partial charge >= 0.3 is 0 Å². The lowest BCUT2D eigenvalue weighted by Gasteiger charge is -2.12. The summed E-state index contributed by atoms with van der Waals surface area (Å²) in [5.41, 5.74) is 8.47. The van der Waals surface area contributed by atoms with Crippen molar-refractivity contribution in [3.8, 4) is 22.6 Å². The van der Waals surface area contributed by atoms with Gasteiger partial charge in [-0.15, -0.1) is 11.8 Å². The van der Waals surface area contributed by atoms with Crippen LogP contribution in [0.5, 0.6) is 11.5 Å². The molecular formula is C21H19NO2S. The van der Waals surface area contributed by atoms with Crippen LogP contribution in [-0.2, 0) is 10.5 Å². The van der Waals surface area contributed by atoms with Crippen LogP contribution in [0.2, 0.25) is 0 Å². The van der Waals surface area contributed by atoms with Gasteiger partial charge in [-0.1, -0.05) is 60.7 Å². The fourth-order valence-electron chi connectivity index (χ4n) is 2.46. The summed E-state index contributed by atoms with van der Waals surface area (Å²) >= 11 is 1.51. The second-order valence-electron chi connectivity index (χ2n) is 5.57. The highest BCUT2D eigenvalue weighted by Gasteiger charge is 2.06. The second-order valence-corrected chi connectivity index (χ2v) is 6.55. The summed E-state index contributed by atoms with van der Waals surface area (Å²) in [6.45, 7) is 0. The van der Waals surface area contributed by atoms with E-state index in [1.54, 1.807) is 0 Å². The van der Waals surface area contributed by atoms with Crippen LogP contribution in [0.3, 0.4) is 0 Å². The molecule has 0 aliphatic carbocycles. The highest BCUT2D eigenvalue weighted by molar-refractivity contribution is 7.99. The molecule has 0 unspecified atom stereocenters. The molecule has 25 heavy (non-hydrogen) atoms. The first-order valence-electron chi connectivity index (χ1n) is 7.99. The summed E-state index contributed by atoms with van der Waals surface area (Å²) in [5.74, 6) is 2.41. The van der Waals surface area contributed by atoms with Crippen molar-refractivity contribution in [2.24, 2.45) is 5.73 Å². The lowest BCUT2D eigenvalue weighted by Crippen LogP contribution is -2.13. The van der Waals surface area contributed by atoms with Gasteiger partial charge in [-0.2, -0.15) is 0 Å².